The summed E-state index contributed by atoms with van der Waals surface area (Å²) in [7, 11) is 0. The summed E-state index contributed by atoms with van der Waals surface area (Å²) >= 11 is 0. The van der Waals surface area contributed by atoms with Gasteiger partial charge in [0.2, 0.25) is 0 Å². The van der Waals surface area contributed by atoms with Crippen LogP contribution in [0.5, 0.6) is 0 Å². The zero-order valence-electron chi connectivity index (χ0n) is 14.8. The average molecular weight is 322 g/mol. The van der Waals surface area contributed by atoms with Gasteiger partial charge >= 0.3 is 0 Å². The Kier molecular flexibility index (Phi) is 5.15. The third-order valence-corrected chi connectivity index (χ3v) is 5.75. The van der Waals surface area contributed by atoms with Crippen molar-refractivity contribution in [2.24, 2.45) is 0 Å². The molecule has 0 aromatic heterocycles. The van der Waals surface area contributed by atoms with Gasteiger partial charge in [-0.1, -0.05) is 37.1 Å². The van der Waals surface area contributed by atoms with Crippen molar-refractivity contribution in [1.82, 2.24) is 9.80 Å². The highest BCUT2D eigenvalue weighted by atomic mass is 15.1. The van der Waals surface area contributed by atoms with Gasteiger partial charge in [0.25, 0.3) is 0 Å². The molecule has 0 N–H and O–H groups in total. The molecule has 0 amide bonds. The SMILES string of the molecule is c1ccc2cc(CN3CCCCC3)c(CN3CCCCC3)cc2c1. The molecule has 2 aliphatic heterocycles. The molecule has 2 saturated heterocycles. The van der Waals surface area contributed by atoms with E-state index in [-0.39, 0.29) is 0 Å². The molecule has 128 valence electrons. The Labute approximate surface area is 146 Å². The molecule has 2 aromatic carbocycles. The molecular formula is C22H30N2. The predicted molar refractivity (Wildman–Crippen MR) is 102 cm³/mol. The van der Waals surface area contributed by atoms with Gasteiger partial charge in [-0.25, -0.2) is 0 Å². The van der Waals surface area contributed by atoms with Gasteiger partial charge in [0.15, 0.2) is 0 Å². The lowest BCUT2D eigenvalue weighted by atomic mass is 9.98. The standard InChI is InChI=1S/C22H30N2/c1-5-11-23(12-6-1)17-21-15-19-9-3-4-10-20(19)16-22(21)18-24-13-7-2-8-14-24/h3-4,9-10,15-16H,1-2,5-8,11-14,17-18H2. The van der Waals surface area contributed by atoms with E-state index in [1.54, 1.807) is 11.1 Å². The van der Waals surface area contributed by atoms with Crippen LogP contribution < -0.4 is 0 Å². The van der Waals surface area contributed by atoms with E-state index in [9.17, 15) is 0 Å². The summed E-state index contributed by atoms with van der Waals surface area (Å²) < 4.78 is 0. The first-order valence-corrected chi connectivity index (χ1v) is 9.84. The Bertz CT molecular complexity index is 608. The van der Waals surface area contributed by atoms with Gasteiger partial charge in [-0.15, -0.1) is 0 Å². The summed E-state index contributed by atoms with van der Waals surface area (Å²) in [6.45, 7) is 7.36. The fourth-order valence-electron chi connectivity index (χ4n) is 4.35. The van der Waals surface area contributed by atoms with E-state index in [0.29, 0.717) is 0 Å². The van der Waals surface area contributed by atoms with Crippen molar-refractivity contribution in [1.29, 1.82) is 0 Å². The molecule has 0 bridgehead atoms. The number of fused-ring (bicyclic) bond motifs is 1. The van der Waals surface area contributed by atoms with Crippen molar-refractivity contribution in [2.75, 3.05) is 26.2 Å². The van der Waals surface area contributed by atoms with Crippen LogP contribution >= 0.6 is 0 Å². The summed E-state index contributed by atoms with van der Waals surface area (Å²) in [5, 5.41) is 2.79. The maximum atomic E-state index is 2.66. The average Bonchev–Trinajstić information content (AvgIpc) is 2.64. The molecule has 2 aliphatic rings. The highest BCUT2D eigenvalue weighted by molar-refractivity contribution is 5.84. The van der Waals surface area contributed by atoms with Crippen LogP contribution in [-0.4, -0.2) is 36.0 Å². The van der Waals surface area contributed by atoms with Crippen LogP contribution in [0.15, 0.2) is 36.4 Å². The Morgan fingerprint density at radius 1 is 0.583 bits per heavy atom. The lowest BCUT2D eigenvalue weighted by Crippen LogP contribution is -2.31. The second-order valence-corrected chi connectivity index (χ2v) is 7.64. The lowest BCUT2D eigenvalue weighted by Gasteiger charge is -2.30. The van der Waals surface area contributed by atoms with E-state index in [2.05, 4.69) is 46.2 Å². The van der Waals surface area contributed by atoms with E-state index in [1.165, 1.54) is 75.5 Å². The fraction of sp³-hybridized carbons (Fsp3) is 0.545. The zero-order chi connectivity index (χ0) is 16.2. The number of piperidine rings is 2. The number of benzene rings is 2. The third kappa shape index (κ3) is 3.81. The van der Waals surface area contributed by atoms with E-state index >= 15 is 0 Å². The number of hydrogen-bond donors (Lipinski definition) is 0. The molecule has 2 heterocycles. The van der Waals surface area contributed by atoms with Crippen LogP contribution in [-0.2, 0) is 13.1 Å². The number of nitrogens with zero attached hydrogens (tertiary/aromatic N) is 2. The normalized spacial score (nSPS) is 20.5. The van der Waals surface area contributed by atoms with Crippen LogP contribution in [0.4, 0.5) is 0 Å². The van der Waals surface area contributed by atoms with Gasteiger partial charge in [-0.3, -0.25) is 9.80 Å². The first kappa shape index (κ1) is 16.1. The van der Waals surface area contributed by atoms with E-state index in [1.807, 2.05) is 0 Å². The minimum absolute atomic E-state index is 1.13. The second-order valence-electron chi connectivity index (χ2n) is 7.64. The van der Waals surface area contributed by atoms with Crippen LogP contribution in [0, 0.1) is 0 Å². The molecule has 2 fully saturated rings. The summed E-state index contributed by atoms with van der Waals surface area (Å²) in [5.41, 5.74) is 3.11. The monoisotopic (exact) mass is 322 g/mol. The Morgan fingerprint density at radius 3 is 1.42 bits per heavy atom. The summed E-state index contributed by atoms with van der Waals surface area (Å²) in [6.07, 6.45) is 8.30. The highest BCUT2D eigenvalue weighted by Crippen LogP contribution is 2.25. The van der Waals surface area contributed by atoms with Gasteiger partial charge in [-0.05, 0) is 85.9 Å². The van der Waals surface area contributed by atoms with Gasteiger partial charge < -0.3 is 0 Å². The topological polar surface area (TPSA) is 6.48 Å². The van der Waals surface area contributed by atoms with Gasteiger partial charge in [0, 0.05) is 13.1 Å². The number of hydrogen-bond acceptors (Lipinski definition) is 2. The maximum absolute atomic E-state index is 2.66. The molecule has 2 nitrogen and oxygen atoms in total. The number of likely N-dealkylation sites (tertiary alicyclic amines) is 2. The number of rotatable bonds is 4. The first-order chi connectivity index (χ1) is 11.9. The van der Waals surface area contributed by atoms with Crippen LogP contribution in [0.3, 0.4) is 0 Å². The van der Waals surface area contributed by atoms with Crippen molar-refractivity contribution in [3.8, 4) is 0 Å². The highest BCUT2D eigenvalue weighted by Gasteiger charge is 2.16. The minimum Gasteiger partial charge on any atom is -0.299 e. The van der Waals surface area contributed by atoms with E-state index in [4.69, 9.17) is 0 Å². The quantitative estimate of drug-likeness (QED) is 0.797. The molecular weight excluding hydrogens is 292 g/mol. The van der Waals surface area contributed by atoms with Crippen molar-refractivity contribution in [3.63, 3.8) is 0 Å². The zero-order valence-corrected chi connectivity index (χ0v) is 14.8. The minimum atomic E-state index is 1.13. The first-order valence-electron chi connectivity index (χ1n) is 9.84. The third-order valence-electron chi connectivity index (χ3n) is 5.75. The fourth-order valence-corrected chi connectivity index (χ4v) is 4.35. The van der Waals surface area contributed by atoms with Crippen molar-refractivity contribution >= 4 is 10.8 Å². The van der Waals surface area contributed by atoms with Gasteiger partial charge in [-0.2, -0.15) is 0 Å². The molecule has 2 heteroatoms. The Morgan fingerprint density at radius 2 is 1.00 bits per heavy atom. The van der Waals surface area contributed by atoms with Crippen molar-refractivity contribution < 1.29 is 0 Å². The molecule has 0 spiro atoms. The van der Waals surface area contributed by atoms with Crippen LogP contribution in [0.1, 0.15) is 49.7 Å². The molecule has 0 saturated carbocycles. The van der Waals surface area contributed by atoms with Crippen molar-refractivity contribution in [3.05, 3.63) is 47.5 Å². The van der Waals surface area contributed by atoms with Crippen LogP contribution in [0.2, 0.25) is 0 Å². The van der Waals surface area contributed by atoms with E-state index < -0.39 is 0 Å². The van der Waals surface area contributed by atoms with Crippen molar-refractivity contribution in [2.45, 2.75) is 51.6 Å². The molecule has 2 aromatic rings. The molecule has 0 aliphatic carbocycles. The largest absolute Gasteiger partial charge is 0.299 e. The van der Waals surface area contributed by atoms with E-state index in [0.717, 1.165) is 13.1 Å². The maximum Gasteiger partial charge on any atom is 0.0237 e. The summed E-state index contributed by atoms with van der Waals surface area (Å²) in [4.78, 5) is 5.32. The van der Waals surface area contributed by atoms with Gasteiger partial charge in [0.1, 0.15) is 0 Å². The summed E-state index contributed by atoms with van der Waals surface area (Å²) in [6, 6.07) is 13.8. The Balaban J connectivity index is 1.61. The molecule has 0 radical (unpaired) electrons. The molecule has 4 rings (SSSR count). The lowest BCUT2D eigenvalue weighted by molar-refractivity contribution is 0.210. The Hall–Kier alpha value is -1.38. The predicted octanol–water partition coefficient (Wildman–Crippen LogP) is 4.81. The smallest absolute Gasteiger partial charge is 0.0237 e. The van der Waals surface area contributed by atoms with Crippen LogP contribution in [0.25, 0.3) is 10.8 Å². The summed E-state index contributed by atoms with van der Waals surface area (Å²) in [5.74, 6) is 0. The molecule has 0 atom stereocenters. The molecule has 24 heavy (non-hydrogen) atoms. The second kappa shape index (κ2) is 7.67. The molecule has 0 unspecified atom stereocenters. The van der Waals surface area contributed by atoms with Gasteiger partial charge in [0.05, 0.1) is 0 Å².